The SMILES string of the molecule is CCOc1ccccc1N1CCN(C(=O)CS(=O)(=O)c2ccc(Cl)cc2)CC1. The van der Waals surface area contributed by atoms with Gasteiger partial charge in [0.1, 0.15) is 11.5 Å². The lowest BCUT2D eigenvalue weighted by molar-refractivity contribution is -0.128. The molecule has 1 amide bonds. The van der Waals surface area contributed by atoms with Crippen LogP contribution in [0, 0.1) is 0 Å². The Labute approximate surface area is 170 Å². The van der Waals surface area contributed by atoms with Crippen molar-refractivity contribution in [2.45, 2.75) is 11.8 Å². The molecular weight excluding hydrogens is 400 g/mol. The predicted octanol–water partition coefficient (Wildman–Crippen LogP) is 2.86. The van der Waals surface area contributed by atoms with E-state index in [-0.39, 0.29) is 10.8 Å². The van der Waals surface area contributed by atoms with Crippen LogP contribution in [-0.4, -0.2) is 57.8 Å². The molecule has 2 aromatic rings. The first-order valence-corrected chi connectivity index (χ1v) is 11.2. The minimum absolute atomic E-state index is 0.106. The van der Waals surface area contributed by atoms with Crippen LogP contribution in [0.2, 0.25) is 5.02 Å². The Morgan fingerprint density at radius 1 is 1.04 bits per heavy atom. The fourth-order valence-electron chi connectivity index (χ4n) is 3.17. The largest absolute Gasteiger partial charge is 0.492 e. The standard InChI is InChI=1S/C20H23ClN2O4S/c1-2-27-19-6-4-3-5-18(19)22-11-13-23(14-12-22)20(24)15-28(25,26)17-9-7-16(21)8-10-17/h3-10H,2,11-15H2,1H3. The fourth-order valence-corrected chi connectivity index (χ4v) is 4.52. The molecule has 3 rings (SSSR count). The topological polar surface area (TPSA) is 66.9 Å². The lowest BCUT2D eigenvalue weighted by Gasteiger charge is -2.36. The third kappa shape index (κ3) is 4.77. The Bertz CT molecular complexity index is 923. The summed E-state index contributed by atoms with van der Waals surface area (Å²) in [6.45, 7) is 4.70. The van der Waals surface area contributed by atoms with Crippen LogP contribution in [0.5, 0.6) is 5.75 Å². The molecule has 28 heavy (non-hydrogen) atoms. The molecule has 0 bridgehead atoms. The van der Waals surface area contributed by atoms with Gasteiger partial charge in [-0.1, -0.05) is 23.7 Å². The molecule has 1 aliphatic rings. The quantitative estimate of drug-likeness (QED) is 0.716. The average molecular weight is 423 g/mol. The summed E-state index contributed by atoms with van der Waals surface area (Å²) in [6.07, 6.45) is 0. The van der Waals surface area contributed by atoms with Crippen LogP contribution in [0.3, 0.4) is 0 Å². The summed E-state index contributed by atoms with van der Waals surface area (Å²) in [6, 6.07) is 13.7. The van der Waals surface area contributed by atoms with Crippen molar-refractivity contribution in [1.82, 2.24) is 4.90 Å². The van der Waals surface area contributed by atoms with E-state index in [0.717, 1.165) is 11.4 Å². The first-order valence-electron chi connectivity index (χ1n) is 9.13. The van der Waals surface area contributed by atoms with Crippen LogP contribution in [0.15, 0.2) is 53.4 Å². The smallest absolute Gasteiger partial charge is 0.238 e. The first-order chi connectivity index (χ1) is 13.4. The zero-order chi connectivity index (χ0) is 20.1. The number of amides is 1. The summed E-state index contributed by atoms with van der Waals surface area (Å²) in [5, 5.41) is 0.453. The van der Waals surface area contributed by atoms with Gasteiger partial charge in [-0.05, 0) is 43.3 Å². The van der Waals surface area contributed by atoms with Crippen molar-refractivity contribution in [2.24, 2.45) is 0 Å². The van der Waals surface area contributed by atoms with Gasteiger partial charge in [0.25, 0.3) is 0 Å². The van der Waals surface area contributed by atoms with E-state index in [2.05, 4.69) is 4.90 Å². The number of piperazine rings is 1. The van der Waals surface area contributed by atoms with Gasteiger partial charge in [-0.15, -0.1) is 0 Å². The number of para-hydroxylation sites is 2. The molecule has 0 aromatic heterocycles. The molecule has 150 valence electrons. The van der Waals surface area contributed by atoms with E-state index in [9.17, 15) is 13.2 Å². The van der Waals surface area contributed by atoms with Gasteiger partial charge in [0.15, 0.2) is 9.84 Å². The van der Waals surface area contributed by atoms with Crippen molar-refractivity contribution in [3.8, 4) is 5.75 Å². The molecule has 8 heteroatoms. The highest BCUT2D eigenvalue weighted by Crippen LogP contribution is 2.29. The third-order valence-electron chi connectivity index (χ3n) is 4.62. The molecular formula is C20H23ClN2O4S. The molecule has 1 aliphatic heterocycles. The van der Waals surface area contributed by atoms with Crippen molar-refractivity contribution in [2.75, 3.05) is 43.4 Å². The van der Waals surface area contributed by atoms with E-state index in [1.165, 1.54) is 24.3 Å². The predicted molar refractivity (Wildman–Crippen MR) is 110 cm³/mol. The number of nitrogens with zero attached hydrogens (tertiary/aromatic N) is 2. The number of ether oxygens (including phenoxy) is 1. The monoisotopic (exact) mass is 422 g/mol. The maximum Gasteiger partial charge on any atom is 0.238 e. The van der Waals surface area contributed by atoms with Crippen LogP contribution in [0.1, 0.15) is 6.92 Å². The van der Waals surface area contributed by atoms with Gasteiger partial charge in [-0.3, -0.25) is 4.79 Å². The van der Waals surface area contributed by atoms with Crippen LogP contribution in [0.25, 0.3) is 0 Å². The molecule has 0 radical (unpaired) electrons. The van der Waals surface area contributed by atoms with Crippen molar-refractivity contribution in [3.63, 3.8) is 0 Å². The maximum absolute atomic E-state index is 12.5. The summed E-state index contributed by atoms with van der Waals surface area (Å²) in [4.78, 5) is 16.4. The molecule has 0 unspecified atom stereocenters. The minimum atomic E-state index is -3.69. The van der Waals surface area contributed by atoms with Crippen molar-refractivity contribution in [3.05, 3.63) is 53.6 Å². The number of hydrogen-bond acceptors (Lipinski definition) is 5. The van der Waals surface area contributed by atoms with Gasteiger partial charge in [-0.25, -0.2) is 8.42 Å². The molecule has 2 aromatic carbocycles. The molecule has 0 spiro atoms. The van der Waals surface area contributed by atoms with Gasteiger partial charge < -0.3 is 14.5 Å². The first kappa shape index (κ1) is 20.5. The highest BCUT2D eigenvalue weighted by atomic mass is 35.5. The second-order valence-electron chi connectivity index (χ2n) is 6.48. The second kappa shape index (κ2) is 8.84. The maximum atomic E-state index is 12.5. The molecule has 1 fully saturated rings. The van der Waals surface area contributed by atoms with Crippen molar-refractivity contribution < 1.29 is 17.9 Å². The second-order valence-corrected chi connectivity index (χ2v) is 8.91. The number of anilines is 1. The van der Waals surface area contributed by atoms with Gasteiger partial charge in [0.2, 0.25) is 5.91 Å². The van der Waals surface area contributed by atoms with E-state index in [1.54, 1.807) is 4.90 Å². The zero-order valence-corrected chi connectivity index (χ0v) is 17.2. The molecule has 1 saturated heterocycles. The normalized spacial score (nSPS) is 14.8. The Morgan fingerprint density at radius 3 is 2.32 bits per heavy atom. The van der Waals surface area contributed by atoms with Gasteiger partial charge >= 0.3 is 0 Å². The third-order valence-corrected chi connectivity index (χ3v) is 6.49. The number of hydrogen-bond donors (Lipinski definition) is 0. The molecule has 6 nitrogen and oxygen atoms in total. The number of rotatable bonds is 6. The van der Waals surface area contributed by atoms with Crippen LogP contribution in [-0.2, 0) is 14.6 Å². The Hall–Kier alpha value is -2.25. The lowest BCUT2D eigenvalue weighted by Crippen LogP contribution is -2.50. The summed E-state index contributed by atoms with van der Waals surface area (Å²) in [5.74, 6) is -0.104. The number of carbonyl (C=O) groups excluding carboxylic acids is 1. The molecule has 0 N–H and O–H groups in total. The van der Waals surface area contributed by atoms with Crippen LogP contribution < -0.4 is 9.64 Å². The Morgan fingerprint density at radius 2 is 1.68 bits per heavy atom. The number of sulfone groups is 1. The highest BCUT2D eigenvalue weighted by Gasteiger charge is 2.27. The molecule has 0 saturated carbocycles. The summed E-state index contributed by atoms with van der Waals surface area (Å²) in [7, 11) is -3.69. The van der Waals surface area contributed by atoms with E-state index >= 15 is 0 Å². The highest BCUT2D eigenvalue weighted by molar-refractivity contribution is 7.92. The summed E-state index contributed by atoms with van der Waals surface area (Å²) >= 11 is 5.80. The van der Waals surface area contributed by atoms with Crippen molar-refractivity contribution in [1.29, 1.82) is 0 Å². The van der Waals surface area contributed by atoms with Gasteiger partial charge in [0.05, 0.1) is 17.2 Å². The van der Waals surface area contributed by atoms with Crippen LogP contribution >= 0.6 is 11.6 Å². The molecule has 1 heterocycles. The Balaban J connectivity index is 1.62. The van der Waals surface area contributed by atoms with Crippen LogP contribution in [0.4, 0.5) is 5.69 Å². The number of benzene rings is 2. The van der Waals surface area contributed by atoms with E-state index < -0.39 is 15.6 Å². The van der Waals surface area contributed by atoms with E-state index in [1.807, 2.05) is 31.2 Å². The zero-order valence-electron chi connectivity index (χ0n) is 15.7. The molecule has 0 atom stereocenters. The van der Waals surface area contributed by atoms with Gasteiger partial charge in [0, 0.05) is 31.2 Å². The summed E-state index contributed by atoms with van der Waals surface area (Å²) in [5.41, 5.74) is 0.991. The fraction of sp³-hybridized carbons (Fsp3) is 0.350. The van der Waals surface area contributed by atoms with E-state index in [4.69, 9.17) is 16.3 Å². The number of halogens is 1. The van der Waals surface area contributed by atoms with Crippen molar-refractivity contribution >= 4 is 33.0 Å². The molecule has 0 aliphatic carbocycles. The Kier molecular flexibility index (Phi) is 6.46. The minimum Gasteiger partial charge on any atom is -0.492 e. The number of carbonyl (C=O) groups is 1. The average Bonchev–Trinajstić information content (AvgIpc) is 2.69. The lowest BCUT2D eigenvalue weighted by atomic mass is 10.2. The summed E-state index contributed by atoms with van der Waals surface area (Å²) < 4.78 is 30.6. The van der Waals surface area contributed by atoms with Gasteiger partial charge in [-0.2, -0.15) is 0 Å². The van der Waals surface area contributed by atoms with E-state index in [0.29, 0.717) is 37.8 Å².